The maximum atomic E-state index is 12.6. The lowest BCUT2D eigenvalue weighted by molar-refractivity contribution is 0.426. The van der Waals surface area contributed by atoms with Crippen LogP contribution in [0.1, 0.15) is 17.4 Å². The van der Waals surface area contributed by atoms with Crippen LogP contribution in [-0.2, 0) is 22.4 Å². The molecule has 0 atom stereocenters. The highest BCUT2D eigenvalue weighted by atomic mass is 35.5. The van der Waals surface area contributed by atoms with E-state index in [-0.39, 0.29) is 0 Å². The summed E-state index contributed by atoms with van der Waals surface area (Å²) >= 11 is 7.28. The standard InChI is InChI=1S/C14H16ClNO2S2/c1-2-16(11-13-4-3-9-19-13)20(17,18)14-7-5-12(10-15)6-8-14/h3-9H,2,10-11H2,1H3. The Morgan fingerprint density at radius 1 is 1.20 bits per heavy atom. The number of hydrogen-bond donors (Lipinski definition) is 0. The van der Waals surface area contributed by atoms with Gasteiger partial charge in [-0.2, -0.15) is 4.31 Å². The molecule has 2 aromatic rings. The van der Waals surface area contributed by atoms with Crippen molar-refractivity contribution in [2.24, 2.45) is 0 Å². The van der Waals surface area contributed by atoms with E-state index in [1.54, 1.807) is 35.6 Å². The Bertz CT molecular complexity index is 636. The molecule has 0 aliphatic heterocycles. The van der Waals surface area contributed by atoms with Crippen molar-refractivity contribution in [3.05, 3.63) is 52.2 Å². The number of thiophene rings is 1. The number of benzene rings is 1. The molecule has 1 heterocycles. The maximum absolute atomic E-state index is 12.6. The van der Waals surface area contributed by atoms with E-state index in [1.165, 1.54) is 4.31 Å². The van der Waals surface area contributed by atoms with Gasteiger partial charge in [-0.1, -0.05) is 25.1 Å². The first-order valence-corrected chi connectivity index (χ1v) is 9.10. The minimum absolute atomic E-state index is 0.310. The Morgan fingerprint density at radius 3 is 2.40 bits per heavy atom. The van der Waals surface area contributed by atoms with Crippen LogP contribution in [0.5, 0.6) is 0 Å². The summed E-state index contributed by atoms with van der Waals surface area (Å²) in [6.07, 6.45) is 0. The van der Waals surface area contributed by atoms with Gasteiger partial charge >= 0.3 is 0 Å². The van der Waals surface area contributed by atoms with Crippen LogP contribution in [0.15, 0.2) is 46.7 Å². The summed E-state index contributed by atoms with van der Waals surface area (Å²) in [5, 5.41) is 1.95. The molecule has 6 heteroatoms. The van der Waals surface area contributed by atoms with E-state index < -0.39 is 10.0 Å². The molecule has 0 radical (unpaired) electrons. The van der Waals surface area contributed by atoms with Crippen LogP contribution in [0.3, 0.4) is 0 Å². The Hall–Kier alpha value is -0.880. The number of rotatable bonds is 6. The lowest BCUT2D eigenvalue weighted by atomic mass is 10.2. The summed E-state index contributed by atoms with van der Waals surface area (Å²) < 4.78 is 26.7. The van der Waals surface area contributed by atoms with Crippen molar-refractivity contribution in [2.45, 2.75) is 24.2 Å². The second kappa shape index (κ2) is 6.72. The monoisotopic (exact) mass is 329 g/mol. The van der Waals surface area contributed by atoms with E-state index >= 15 is 0 Å². The molecule has 0 spiro atoms. The predicted octanol–water partition coefficient (Wildman–Crippen LogP) is 3.70. The molecule has 1 aromatic heterocycles. The normalized spacial score (nSPS) is 11.9. The molecule has 0 unspecified atom stereocenters. The van der Waals surface area contributed by atoms with Crippen molar-refractivity contribution in [1.82, 2.24) is 4.31 Å². The van der Waals surface area contributed by atoms with Gasteiger partial charge in [0.15, 0.2) is 0 Å². The van der Waals surface area contributed by atoms with Crippen molar-refractivity contribution in [3.8, 4) is 0 Å². The van der Waals surface area contributed by atoms with Crippen LogP contribution >= 0.6 is 22.9 Å². The van der Waals surface area contributed by atoms with Gasteiger partial charge in [0.25, 0.3) is 0 Å². The van der Waals surface area contributed by atoms with Gasteiger partial charge in [-0.25, -0.2) is 8.42 Å². The molecule has 1 aromatic carbocycles. The van der Waals surface area contributed by atoms with E-state index in [9.17, 15) is 8.42 Å². The van der Waals surface area contributed by atoms with Crippen LogP contribution < -0.4 is 0 Å². The van der Waals surface area contributed by atoms with Crippen LogP contribution in [0.4, 0.5) is 0 Å². The van der Waals surface area contributed by atoms with Gasteiger partial charge in [0.1, 0.15) is 0 Å². The smallest absolute Gasteiger partial charge is 0.207 e. The van der Waals surface area contributed by atoms with Gasteiger partial charge in [-0.3, -0.25) is 0 Å². The summed E-state index contributed by atoms with van der Waals surface area (Å²) in [4.78, 5) is 1.34. The molecule has 0 saturated heterocycles. The van der Waals surface area contributed by atoms with Crippen molar-refractivity contribution in [3.63, 3.8) is 0 Å². The fourth-order valence-corrected chi connectivity index (χ4v) is 4.25. The fourth-order valence-electron chi connectivity index (χ4n) is 1.84. The van der Waals surface area contributed by atoms with Crippen molar-refractivity contribution < 1.29 is 8.42 Å². The highest BCUT2D eigenvalue weighted by Crippen LogP contribution is 2.21. The summed E-state index contributed by atoms with van der Waals surface area (Å²) in [7, 11) is -3.46. The van der Waals surface area contributed by atoms with Gasteiger partial charge in [-0.05, 0) is 29.1 Å². The molecular weight excluding hydrogens is 314 g/mol. The molecule has 0 aliphatic rings. The van der Waals surface area contributed by atoms with Crippen molar-refractivity contribution in [1.29, 1.82) is 0 Å². The number of hydrogen-bond acceptors (Lipinski definition) is 3. The fraction of sp³-hybridized carbons (Fsp3) is 0.286. The largest absolute Gasteiger partial charge is 0.243 e. The second-order valence-corrected chi connectivity index (χ2v) is 7.53. The summed E-state index contributed by atoms with van der Waals surface area (Å²) in [6, 6.07) is 10.6. The maximum Gasteiger partial charge on any atom is 0.243 e. The molecule has 0 aliphatic carbocycles. The first-order valence-electron chi connectivity index (χ1n) is 6.25. The lowest BCUT2D eigenvalue weighted by Crippen LogP contribution is -2.30. The van der Waals surface area contributed by atoms with Gasteiger partial charge in [0.2, 0.25) is 10.0 Å². The molecular formula is C14H16ClNO2S2. The predicted molar refractivity (Wildman–Crippen MR) is 83.6 cm³/mol. The third kappa shape index (κ3) is 3.41. The van der Waals surface area contributed by atoms with Gasteiger partial charge < -0.3 is 0 Å². The summed E-state index contributed by atoms with van der Waals surface area (Å²) in [5.41, 5.74) is 0.909. The molecule has 0 bridgehead atoms. The van der Waals surface area contributed by atoms with E-state index in [4.69, 9.17) is 11.6 Å². The average molecular weight is 330 g/mol. The molecule has 0 amide bonds. The van der Waals surface area contributed by atoms with E-state index in [2.05, 4.69) is 0 Å². The summed E-state index contributed by atoms with van der Waals surface area (Å²) in [6.45, 7) is 2.70. The zero-order valence-electron chi connectivity index (χ0n) is 11.1. The molecule has 2 rings (SSSR count). The lowest BCUT2D eigenvalue weighted by Gasteiger charge is -2.20. The van der Waals surface area contributed by atoms with E-state index in [0.717, 1.165) is 10.4 Å². The highest BCUT2D eigenvalue weighted by Gasteiger charge is 2.23. The first kappa shape index (κ1) is 15.5. The van der Waals surface area contributed by atoms with Crippen LogP contribution in [0.2, 0.25) is 0 Å². The number of nitrogens with zero attached hydrogens (tertiary/aromatic N) is 1. The first-order chi connectivity index (χ1) is 9.57. The number of alkyl halides is 1. The summed E-state index contributed by atoms with van der Waals surface area (Å²) in [5.74, 6) is 0.382. The van der Waals surface area contributed by atoms with Crippen LogP contribution in [0, 0.1) is 0 Å². The van der Waals surface area contributed by atoms with Gasteiger partial charge in [0, 0.05) is 23.8 Å². The van der Waals surface area contributed by atoms with Crippen LogP contribution in [0.25, 0.3) is 0 Å². The molecule has 20 heavy (non-hydrogen) atoms. The Balaban J connectivity index is 2.26. The Kier molecular flexibility index (Phi) is 5.21. The molecule has 3 nitrogen and oxygen atoms in total. The average Bonchev–Trinajstić information content (AvgIpc) is 2.97. The number of halogens is 1. The van der Waals surface area contributed by atoms with Crippen LogP contribution in [-0.4, -0.2) is 19.3 Å². The Morgan fingerprint density at radius 2 is 1.90 bits per heavy atom. The minimum atomic E-state index is -3.46. The molecule has 0 fully saturated rings. The van der Waals surface area contributed by atoms with E-state index in [0.29, 0.717) is 23.9 Å². The zero-order chi connectivity index (χ0) is 14.6. The van der Waals surface area contributed by atoms with Crippen molar-refractivity contribution >= 4 is 33.0 Å². The van der Waals surface area contributed by atoms with E-state index in [1.807, 2.05) is 24.4 Å². The second-order valence-electron chi connectivity index (χ2n) is 4.29. The molecule has 0 N–H and O–H groups in total. The SMILES string of the molecule is CCN(Cc1cccs1)S(=O)(=O)c1ccc(CCl)cc1. The third-order valence-corrected chi connectivity index (χ3v) is 6.09. The zero-order valence-corrected chi connectivity index (χ0v) is 13.5. The Labute approximate surface area is 128 Å². The van der Waals surface area contributed by atoms with Gasteiger partial charge in [-0.15, -0.1) is 22.9 Å². The quantitative estimate of drug-likeness (QED) is 0.758. The highest BCUT2D eigenvalue weighted by molar-refractivity contribution is 7.89. The molecule has 108 valence electrons. The van der Waals surface area contributed by atoms with Crippen molar-refractivity contribution in [2.75, 3.05) is 6.54 Å². The topological polar surface area (TPSA) is 37.4 Å². The molecule has 0 saturated carbocycles. The number of sulfonamides is 1. The third-order valence-electron chi connectivity index (χ3n) is 2.98. The van der Waals surface area contributed by atoms with Gasteiger partial charge in [0.05, 0.1) is 4.90 Å². The minimum Gasteiger partial charge on any atom is -0.207 e.